The van der Waals surface area contributed by atoms with E-state index in [4.69, 9.17) is 5.73 Å². The van der Waals surface area contributed by atoms with Gasteiger partial charge in [0.1, 0.15) is 0 Å². The molecule has 0 spiro atoms. The summed E-state index contributed by atoms with van der Waals surface area (Å²) in [5.74, 6) is 0.927. The number of anilines is 1. The van der Waals surface area contributed by atoms with Gasteiger partial charge in [-0.25, -0.2) is 0 Å². The Morgan fingerprint density at radius 1 is 1.30 bits per heavy atom. The third-order valence-corrected chi connectivity index (χ3v) is 4.72. The number of hydrogen-bond donors (Lipinski definition) is 1. The molecule has 1 fully saturated rings. The lowest BCUT2D eigenvalue weighted by Gasteiger charge is -2.34. The van der Waals surface area contributed by atoms with Crippen LogP contribution in [0.1, 0.15) is 39.0 Å². The first-order valence-electron chi connectivity index (χ1n) is 7.76. The van der Waals surface area contributed by atoms with Gasteiger partial charge in [0, 0.05) is 37.1 Å². The van der Waals surface area contributed by atoms with E-state index in [1.54, 1.807) is 22.9 Å². The molecule has 4 heteroatoms. The smallest absolute Gasteiger partial charge is 0.250 e. The number of nitrogens with zero attached hydrogens (tertiary/aromatic N) is 2. The van der Waals surface area contributed by atoms with Crippen molar-refractivity contribution >= 4 is 5.69 Å². The van der Waals surface area contributed by atoms with Crippen LogP contribution in [0.5, 0.6) is 0 Å². The van der Waals surface area contributed by atoms with Crippen molar-refractivity contribution in [2.45, 2.75) is 51.6 Å². The number of rotatable bonds is 5. The molecule has 0 amide bonds. The molecule has 2 rings (SSSR count). The van der Waals surface area contributed by atoms with E-state index in [9.17, 15) is 4.79 Å². The molecule has 0 aliphatic heterocycles. The molecule has 20 heavy (non-hydrogen) atoms. The van der Waals surface area contributed by atoms with Crippen LogP contribution in [0.4, 0.5) is 5.69 Å². The number of pyridine rings is 1. The normalized spacial score (nSPS) is 23.1. The Morgan fingerprint density at radius 3 is 2.65 bits per heavy atom. The molecule has 1 aromatic rings. The predicted molar refractivity (Wildman–Crippen MR) is 83.8 cm³/mol. The largest absolute Gasteiger partial charge is 0.398 e. The van der Waals surface area contributed by atoms with Crippen molar-refractivity contribution in [3.05, 3.63) is 28.7 Å². The van der Waals surface area contributed by atoms with E-state index < -0.39 is 0 Å². The fourth-order valence-corrected chi connectivity index (χ4v) is 3.17. The van der Waals surface area contributed by atoms with Gasteiger partial charge in [0.15, 0.2) is 0 Å². The van der Waals surface area contributed by atoms with Gasteiger partial charge in [-0.3, -0.25) is 4.79 Å². The van der Waals surface area contributed by atoms with E-state index in [0.29, 0.717) is 18.3 Å². The number of hydrogen-bond acceptors (Lipinski definition) is 3. The van der Waals surface area contributed by atoms with Crippen LogP contribution < -0.4 is 11.3 Å². The lowest BCUT2D eigenvalue weighted by Crippen LogP contribution is -2.38. The second kappa shape index (κ2) is 6.93. The van der Waals surface area contributed by atoms with E-state index in [0.717, 1.165) is 12.5 Å². The molecule has 0 aromatic carbocycles. The van der Waals surface area contributed by atoms with Crippen molar-refractivity contribution in [3.63, 3.8) is 0 Å². The summed E-state index contributed by atoms with van der Waals surface area (Å²) in [5, 5.41) is 0. The summed E-state index contributed by atoms with van der Waals surface area (Å²) >= 11 is 0. The van der Waals surface area contributed by atoms with Crippen molar-refractivity contribution < 1.29 is 0 Å². The molecule has 1 saturated carbocycles. The van der Waals surface area contributed by atoms with E-state index in [1.165, 1.54) is 32.1 Å². The first kappa shape index (κ1) is 15.1. The second-order valence-corrected chi connectivity index (χ2v) is 6.06. The maximum atomic E-state index is 11.7. The first-order chi connectivity index (χ1) is 9.60. The molecule has 112 valence electrons. The van der Waals surface area contributed by atoms with Gasteiger partial charge in [0.05, 0.1) is 0 Å². The highest BCUT2D eigenvalue weighted by atomic mass is 16.1. The average Bonchev–Trinajstić information content (AvgIpc) is 2.48. The van der Waals surface area contributed by atoms with Gasteiger partial charge in [-0.1, -0.05) is 13.3 Å². The van der Waals surface area contributed by atoms with E-state index in [1.807, 2.05) is 0 Å². The van der Waals surface area contributed by atoms with Gasteiger partial charge in [0.2, 0.25) is 0 Å². The highest BCUT2D eigenvalue weighted by Gasteiger charge is 2.22. The molecule has 0 unspecified atom stereocenters. The summed E-state index contributed by atoms with van der Waals surface area (Å²) in [5.41, 5.74) is 6.41. The minimum absolute atomic E-state index is 0.0299. The molecule has 1 aliphatic carbocycles. The lowest BCUT2D eigenvalue weighted by atomic mass is 9.84. The Balaban J connectivity index is 1.84. The van der Waals surface area contributed by atoms with Crippen LogP contribution in [0.3, 0.4) is 0 Å². The molecule has 0 radical (unpaired) electrons. The maximum Gasteiger partial charge on any atom is 0.250 e. The van der Waals surface area contributed by atoms with Crippen molar-refractivity contribution in [2.24, 2.45) is 5.92 Å². The van der Waals surface area contributed by atoms with Gasteiger partial charge in [-0.2, -0.15) is 0 Å². The summed E-state index contributed by atoms with van der Waals surface area (Å²) in [6.45, 7) is 3.92. The average molecular weight is 277 g/mol. The van der Waals surface area contributed by atoms with E-state index >= 15 is 0 Å². The molecule has 1 heterocycles. The zero-order chi connectivity index (χ0) is 14.5. The van der Waals surface area contributed by atoms with Gasteiger partial charge in [-0.15, -0.1) is 0 Å². The van der Waals surface area contributed by atoms with Crippen LogP contribution >= 0.6 is 0 Å². The molecule has 0 bridgehead atoms. The van der Waals surface area contributed by atoms with Gasteiger partial charge in [0.25, 0.3) is 5.56 Å². The van der Waals surface area contributed by atoms with Crippen LogP contribution in [0.15, 0.2) is 23.1 Å². The fraction of sp³-hybridized carbons (Fsp3) is 0.688. The zero-order valence-electron chi connectivity index (χ0n) is 12.7. The van der Waals surface area contributed by atoms with Crippen molar-refractivity contribution in [1.82, 2.24) is 9.47 Å². The van der Waals surface area contributed by atoms with E-state index in [-0.39, 0.29) is 5.56 Å². The number of nitrogens with two attached hydrogens (primary N) is 1. The highest BCUT2D eigenvalue weighted by Crippen LogP contribution is 2.28. The standard InChI is InChI=1S/C16H27N3O/c1-3-13-4-7-15(8-5-13)18(2)10-11-19-12-14(17)6-9-16(19)20/h6,9,12-13,15H,3-5,7-8,10-11,17H2,1-2H3. The van der Waals surface area contributed by atoms with Crippen LogP contribution in [0, 0.1) is 5.92 Å². The maximum absolute atomic E-state index is 11.7. The quantitative estimate of drug-likeness (QED) is 0.898. The zero-order valence-corrected chi connectivity index (χ0v) is 12.7. The Morgan fingerprint density at radius 2 is 2.00 bits per heavy atom. The van der Waals surface area contributed by atoms with Gasteiger partial charge in [-0.05, 0) is 44.7 Å². The fourth-order valence-electron chi connectivity index (χ4n) is 3.17. The highest BCUT2D eigenvalue weighted by molar-refractivity contribution is 5.33. The Bertz CT molecular complexity index is 475. The van der Waals surface area contributed by atoms with Crippen molar-refractivity contribution in [1.29, 1.82) is 0 Å². The molecule has 0 saturated heterocycles. The summed E-state index contributed by atoms with van der Waals surface area (Å²) in [4.78, 5) is 14.1. The van der Waals surface area contributed by atoms with Gasteiger partial charge >= 0.3 is 0 Å². The number of aromatic nitrogens is 1. The topological polar surface area (TPSA) is 51.3 Å². The monoisotopic (exact) mass is 277 g/mol. The third kappa shape index (κ3) is 3.85. The molecule has 1 aromatic heterocycles. The molecule has 2 N–H and O–H groups in total. The Labute approximate surface area is 121 Å². The Hall–Kier alpha value is -1.29. The second-order valence-electron chi connectivity index (χ2n) is 6.06. The molecular weight excluding hydrogens is 250 g/mol. The molecule has 1 aliphatic rings. The van der Waals surface area contributed by atoms with Crippen molar-refractivity contribution in [3.8, 4) is 0 Å². The van der Waals surface area contributed by atoms with Crippen LogP contribution in [0.25, 0.3) is 0 Å². The SMILES string of the molecule is CCC1CCC(N(C)CCn2cc(N)ccc2=O)CC1. The number of nitrogen functional groups attached to an aromatic ring is 1. The van der Waals surface area contributed by atoms with Crippen LogP contribution in [-0.4, -0.2) is 29.1 Å². The summed E-state index contributed by atoms with van der Waals surface area (Å²) < 4.78 is 1.71. The molecule has 0 atom stereocenters. The first-order valence-corrected chi connectivity index (χ1v) is 7.76. The van der Waals surface area contributed by atoms with Crippen LogP contribution in [0.2, 0.25) is 0 Å². The summed E-state index contributed by atoms with van der Waals surface area (Å²) in [7, 11) is 2.17. The summed E-state index contributed by atoms with van der Waals surface area (Å²) in [6, 6.07) is 3.88. The molecular formula is C16H27N3O. The Kier molecular flexibility index (Phi) is 5.24. The third-order valence-electron chi connectivity index (χ3n) is 4.72. The predicted octanol–water partition coefficient (Wildman–Crippen LogP) is 2.33. The minimum Gasteiger partial charge on any atom is -0.398 e. The summed E-state index contributed by atoms with van der Waals surface area (Å²) in [6.07, 6.45) is 8.34. The van der Waals surface area contributed by atoms with E-state index in [2.05, 4.69) is 18.9 Å². The van der Waals surface area contributed by atoms with Crippen LogP contribution in [-0.2, 0) is 6.54 Å². The van der Waals surface area contributed by atoms with Crippen molar-refractivity contribution in [2.75, 3.05) is 19.3 Å². The minimum atomic E-state index is 0.0299. The van der Waals surface area contributed by atoms with Gasteiger partial charge < -0.3 is 15.2 Å². The number of likely N-dealkylation sites (N-methyl/N-ethyl adjacent to an activating group) is 1. The molecule has 4 nitrogen and oxygen atoms in total. The lowest BCUT2D eigenvalue weighted by molar-refractivity contribution is 0.159.